The number of benzene rings is 2. The smallest absolute Gasteiger partial charge is 0.417 e. The van der Waals surface area contributed by atoms with E-state index < -0.39 is 11.7 Å². The number of rotatable bonds is 4. The Morgan fingerprint density at radius 3 is 2.69 bits per heavy atom. The van der Waals surface area contributed by atoms with Crippen LogP contribution in [0, 0.1) is 0 Å². The third-order valence-corrected chi connectivity index (χ3v) is 6.41. The molecule has 1 amide bonds. The molecule has 1 atom stereocenters. The summed E-state index contributed by atoms with van der Waals surface area (Å²) < 4.78 is 44.3. The highest BCUT2D eigenvalue weighted by Gasteiger charge is 2.37. The van der Waals surface area contributed by atoms with Crippen molar-refractivity contribution in [3.05, 3.63) is 93.8 Å². The number of pyridine rings is 1. The molecule has 3 heterocycles. The first kappa shape index (κ1) is 23.9. The fourth-order valence-corrected chi connectivity index (χ4v) is 4.56. The zero-order valence-corrected chi connectivity index (χ0v) is 19.4. The van der Waals surface area contributed by atoms with Crippen LogP contribution in [0.1, 0.15) is 29.2 Å². The lowest BCUT2D eigenvalue weighted by Gasteiger charge is -2.40. The van der Waals surface area contributed by atoms with Gasteiger partial charge >= 0.3 is 6.18 Å². The Morgan fingerprint density at radius 1 is 1.17 bits per heavy atom. The molecule has 36 heavy (non-hydrogen) atoms. The number of amides is 1. The van der Waals surface area contributed by atoms with Crippen molar-refractivity contribution in [1.82, 2.24) is 9.88 Å². The van der Waals surface area contributed by atoms with E-state index >= 15 is 0 Å². The molecular formula is C26H19ClF3N3O3. The van der Waals surface area contributed by atoms with Crippen LogP contribution >= 0.6 is 11.6 Å². The molecule has 1 aromatic heterocycles. The average Bonchev–Trinajstić information content (AvgIpc) is 2.85. The van der Waals surface area contributed by atoms with E-state index in [1.54, 1.807) is 23.1 Å². The number of carbonyl (C=O) groups excluding carboxylic acids is 1. The van der Waals surface area contributed by atoms with Crippen LogP contribution in [0.3, 0.4) is 0 Å². The molecule has 6 nitrogen and oxygen atoms in total. The van der Waals surface area contributed by atoms with Gasteiger partial charge in [-0.1, -0.05) is 48.0 Å². The quantitative estimate of drug-likeness (QED) is 0.399. The lowest BCUT2D eigenvalue weighted by Crippen LogP contribution is -2.44. The van der Waals surface area contributed by atoms with E-state index in [0.717, 1.165) is 23.6 Å². The lowest BCUT2D eigenvalue weighted by atomic mass is 9.86. The molecule has 0 saturated carbocycles. The first-order valence-corrected chi connectivity index (χ1v) is 11.4. The number of aliphatic hydroxyl groups excluding tert-OH is 1. The SMILES string of the molecule is O=C1C(C=Nc2ccccc2Oc2ncc(C(F)(F)F)cc2Cl)=C(O)C[C@@H]2c3ccccc3CCN12. The van der Waals surface area contributed by atoms with Crippen LogP contribution < -0.4 is 4.74 Å². The highest BCUT2D eigenvalue weighted by molar-refractivity contribution is 6.31. The fraction of sp³-hybridized carbons (Fsp3) is 0.192. The molecule has 184 valence electrons. The van der Waals surface area contributed by atoms with Crippen molar-refractivity contribution in [3.8, 4) is 11.6 Å². The van der Waals surface area contributed by atoms with E-state index in [9.17, 15) is 23.1 Å². The van der Waals surface area contributed by atoms with Crippen LogP contribution in [0.2, 0.25) is 5.02 Å². The molecule has 0 unspecified atom stereocenters. The number of nitrogens with zero attached hydrogens (tertiary/aromatic N) is 3. The van der Waals surface area contributed by atoms with Crippen LogP contribution in [0.4, 0.5) is 18.9 Å². The molecule has 10 heteroatoms. The maximum absolute atomic E-state index is 13.2. The number of alkyl halides is 3. The molecule has 0 saturated heterocycles. The Kier molecular flexibility index (Phi) is 6.17. The minimum atomic E-state index is -4.59. The number of hydrogen-bond acceptors (Lipinski definition) is 5. The van der Waals surface area contributed by atoms with Crippen molar-refractivity contribution < 1.29 is 27.8 Å². The molecule has 2 aliphatic heterocycles. The van der Waals surface area contributed by atoms with Gasteiger partial charge in [-0.15, -0.1) is 0 Å². The fourth-order valence-electron chi connectivity index (χ4n) is 4.36. The summed E-state index contributed by atoms with van der Waals surface area (Å²) in [7, 11) is 0. The van der Waals surface area contributed by atoms with Gasteiger partial charge < -0.3 is 14.7 Å². The summed E-state index contributed by atoms with van der Waals surface area (Å²) >= 11 is 5.96. The van der Waals surface area contributed by atoms with Crippen molar-refractivity contribution in [1.29, 1.82) is 0 Å². The maximum atomic E-state index is 13.2. The number of para-hydroxylation sites is 2. The van der Waals surface area contributed by atoms with E-state index in [2.05, 4.69) is 9.98 Å². The van der Waals surface area contributed by atoms with Gasteiger partial charge in [0.05, 0.1) is 17.2 Å². The molecule has 1 N–H and O–H groups in total. The van der Waals surface area contributed by atoms with Gasteiger partial charge in [-0.2, -0.15) is 13.2 Å². The zero-order chi connectivity index (χ0) is 25.4. The van der Waals surface area contributed by atoms with Crippen molar-refractivity contribution >= 4 is 29.4 Å². The third-order valence-electron chi connectivity index (χ3n) is 6.14. The Labute approximate surface area is 209 Å². The average molecular weight is 514 g/mol. The molecule has 5 rings (SSSR count). The minimum Gasteiger partial charge on any atom is -0.511 e. The highest BCUT2D eigenvalue weighted by atomic mass is 35.5. The van der Waals surface area contributed by atoms with Gasteiger partial charge in [-0.25, -0.2) is 4.98 Å². The van der Waals surface area contributed by atoms with Gasteiger partial charge in [-0.3, -0.25) is 9.79 Å². The van der Waals surface area contributed by atoms with E-state index in [0.29, 0.717) is 12.7 Å². The van der Waals surface area contributed by atoms with Crippen molar-refractivity contribution in [2.24, 2.45) is 4.99 Å². The predicted molar refractivity (Wildman–Crippen MR) is 128 cm³/mol. The second kappa shape index (κ2) is 9.31. The second-order valence-corrected chi connectivity index (χ2v) is 8.77. The molecule has 3 aromatic rings. The summed E-state index contributed by atoms with van der Waals surface area (Å²) in [4.78, 5) is 22.9. The molecule has 0 bridgehead atoms. The summed E-state index contributed by atoms with van der Waals surface area (Å²) in [5, 5.41) is 10.4. The number of fused-ring (bicyclic) bond motifs is 3. The van der Waals surface area contributed by atoms with Gasteiger partial charge in [0.15, 0.2) is 5.75 Å². The van der Waals surface area contributed by atoms with E-state index in [1.807, 2.05) is 24.3 Å². The summed E-state index contributed by atoms with van der Waals surface area (Å²) in [5.74, 6) is -0.450. The number of hydrogen-bond donors (Lipinski definition) is 1. The standard InChI is InChI=1S/C26H19ClF3N3O3/c27-19-11-16(26(28,29)30)13-32-24(19)36-23-8-4-3-7-20(23)31-14-18-22(34)12-21-17-6-2-1-5-15(17)9-10-33(21)25(18)35/h1-8,11,13-14,21,34H,9-10,12H2/t21-/m1/s1. The van der Waals surface area contributed by atoms with Crippen molar-refractivity contribution in [2.45, 2.75) is 25.1 Å². The van der Waals surface area contributed by atoms with Gasteiger partial charge in [0.1, 0.15) is 16.5 Å². The molecule has 2 aromatic carbocycles. The van der Waals surface area contributed by atoms with E-state index in [4.69, 9.17) is 16.3 Å². The molecule has 2 aliphatic rings. The Balaban J connectivity index is 1.40. The topological polar surface area (TPSA) is 75.0 Å². The van der Waals surface area contributed by atoms with Gasteiger partial charge in [0.25, 0.3) is 5.91 Å². The van der Waals surface area contributed by atoms with E-state index in [1.165, 1.54) is 12.3 Å². The van der Waals surface area contributed by atoms with Crippen LogP contribution in [0.25, 0.3) is 0 Å². The van der Waals surface area contributed by atoms with Crippen LogP contribution in [-0.2, 0) is 17.4 Å². The first-order valence-electron chi connectivity index (χ1n) is 11.1. The first-order chi connectivity index (χ1) is 17.2. The van der Waals surface area contributed by atoms with Crippen molar-refractivity contribution in [2.75, 3.05) is 6.54 Å². The van der Waals surface area contributed by atoms with Gasteiger partial charge in [-0.05, 0) is 35.7 Å². The second-order valence-electron chi connectivity index (χ2n) is 8.36. The highest BCUT2D eigenvalue weighted by Crippen LogP contribution is 2.40. The van der Waals surface area contributed by atoms with Crippen LogP contribution in [0.5, 0.6) is 11.6 Å². The zero-order valence-electron chi connectivity index (χ0n) is 18.7. The predicted octanol–water partition coefficient (Wildman–Crippen LogP) is 6.59. The number of aliphatic imine (C=N–C) groups is 1. The number of carbonyl (C=O) groups is 1. The van der Waals surface area contributed by atoms with Crippen molar-refractivity contribution in [3.63, 3.8) is 0 Å². The Bertz CT molecular complexity index is 1400. The normalized spacial score (nSPS) is 17.8. The number of halogens is 4. The van der Waals surface area contributed by atoms with E-state index in [-0.39, 0.29) is 52.0 Å². The summed E-state index contributed by atoms with van der Waals surface area (Å²) in [6.07, 6.45) is -1.69. The number of aromatic nitrogens is 1. The third kappa shape index (κ3) is 4.54. The minimum absolute atomic E-state index is 0.0625. The summed E-state index contributed by atoms with van der Waals surface area (Å²) in [6, 6.07) is 14.8. The van der Waals surface area contributed by atoms with Crippen LogP contribution in [0.15, 0.2) is 77.1 Å². The lowest BCUT2D eigenvalue weighted by molar-refractivity contribution is -0.137. The molecular weight excluding hydrogens is 495 g/mol. The van der Waals surface area contributed by atoms with Gasteiger partial charge in [0, 0.05) is 25.4 Å². The Morgan fingerprint density at radius 2 is 1.92 bits per heavy atom. The number of aliphatic hydroxyl groups is 1. The largest absolute Gasteiger partial charge is 0.511 e. The van der Waals surface area contributed by atoms with Gasteiger partial charge in [0.2, 0.25) is 5.88 Å². The molecule has 0 aliphatic carbocycles. The molecule has 0 spiro atoms. The summed E-state index contributed by atoms with van der Waals surface area (Å²) in [5.41, 5.74) is 1.54. The molecule has 0 radical (unpaired) electrons. The summed E-state index contributed by atoms with van der Waals surface area (Å²) in [6.45, 7) is 0.531. The monoisotopic (exact) mass is 513 g/mol. The Hall–Kier alpha value is -3.85. The van der Waals surface area contributed by atoms with Crippen LogP contribution in [-0.4, -0.2) is 33.7 Å². The maximum Gasteiger partial charge on any atom is 0.417 e. The molecule has 0 fully saturated rings. The number of ether oxygens (including phenoxy) is 1.